The van der Waals surface area contributed by atoms with E-state index in [1.54, 1.807) is 0 Å². The Balaban J connectivity index is 2.13. The zero-order valence-corrected chi connectivity index (χ0v) is 12.7. The van der Waals surface area contributed by atoms with Crippen LogP contribution in [0.1, 0.15) is 19.4 Å². The van der Waals surface area contributed by atoms with E-state index in [1.165, 1.54) is 5.56 Å². The third-order valence-corrected chi connectivity index (χ3v) is 4.72. The number of nitrogens with zero attached hydrogens (tertiary/aromatic N) is 1. The van der Waals surface area contributed by atoms with E-state index < -0.39 is 0 Å². The van der Waals surface area contributed by atoms with Crippen LogP contribution in [-0.2, 0) is 0 Å². The molecule has 0 spiro atoms. The average Bonchev–Trinajstić information content (AvgIpc) is 2.27. The predicted octanol–water partition coefficient (Wildman–Crippen LogP) is 4.30. The van der Waals surface area contributed by atoms with Gasteiger partial charge in [0.15, 0.2) is 5.17 Å². The topological polar surface area (TPSA) is 24.4 Å². The van der Waals surface area contributed by atoms with E-state index in [9.17, 15) is 0 Å². The van der Waals surface area contributed by atoms with E-state index >= 15 is 0 Å². The van der Waals surface area contributed by atoms with Crippen LogP contribution in [-0.4, -0.2) is 17.0 Å². The highest BCUT2D eigenvalue weighted by Crippen LogP contribution is 2.26. The number of benzene rings is 1. The van der Waals surface area contributed by atoms with Gasteiger partial charge in [-0.3, -0.25) is 4.99 Å². The molecule has 2 atom stereocenters. The molecule has 2 nitrogen and oxygen atoms in total. The van der Waals surface area contributed by atoms with Crippen molar-refractivity contribution in [2.75, 3.05) is 11.1 Å². The maximum Gasteiger partial charge on any atom is 0.161 e. The van der Waals surface area contributed by atoms with Gasteiger partial charge in [-0.2, -0.15) is 0 Å². The van der Waals surface area contributed by atoms with Crippen molar-refractivity contribution in [3.8, 4) is 0 Å². The first-order valence-corrected chi connectivity index (χ1v) is 7.58. The van der Waals surface area contributed by atoms with Gasteiger partial charge in [0.25, 0.3) is 0 Å². The van der Waals surface area contributed by atoms with Gasteiger partial charge in [0.2, 0.25) is 0 Å². The van der Waals surface area contributed by atoms with E-state index in [4.69, 9.17) is 0 Å². The van der Waals surface area contributed by atoms with Gasteiger partial charge >= 0.3 is 0 Å². The second-order valence-corrected chi connectivity index (χ2v) is 6.47. The third-order valence-electron chi connectivity index (χ3n) is 3.06. The van der Waals surface area contributed by atoms with Crippen LogP contribution >= 0.6 is 27.7 Å². The van der Waals surface area contributed by atoms with Crippen LogP contribution in [0.3, 0.4) is 0 Å². The van der Waals surface area contributed by atoms with E-state index in [1.807, 2.05) is 11.8 Å². The van der Waals surface area contributed by atoms with Crippen LogP contribution in [0.15, 0.2) is 27.7 Å². The van der Waals surface area contributed by atoms with Crippen molar-refractivity contribution in [2.45, 2.75) is 26.8 Å². The first-order chi connectivity index (χ1) is 8.06. The summed E-state index contributed by atoms with van der Waals surface area (Å²) < 4.78 is 1.11. The van der Waals surface area contributed by atoms with Gasteiger partial charge in [-0.1, -0.05) is 34.6 Å². The average molecular weight is 313 g/mol. The van der Waals surface area contributed by atoms with Crippen molar-refractivity contribution in [3.05, 3.63) is 28.2 Å². The lowest BCUT2D eigenvalue weighted by Gasteiger charge is -2.24. The summed E-state index contributed by atoms with van der Waals surface area (Å²) in [5, 5.41) is 4.46. The summed E-state index contributed by atoms with van der Waals surface area (Å²) in [6, 6.07) is 6.66. The maximum atomic E-state index is 4.68. The highest BCUT2D eigenvalue weighted by molar-refractivity contribution is 9.10. The molecule has 17 heavy (non-hydrogen) atoms. The molecule has 1 aliphatic rings. The Hall–Kier alpha value is -0.480. The Bertz CT molecular complexity index is 445. The number of nitrogens with one attached hydrogen (secondary N) is 1. The highest BCUT2D eigenvalue weighted by Gasteiger charge is 2.19. The molecule has 1 aromatic carbocycles. The molecule has 2 rings (SSSR count). The molecule has 0 fully saturated rings. The highest BCUT2D eigenvalue weighted by atomic mass is 79.9. The summed E-state index contributed by atoms with van der Waals surface area (Å²) in [6.45, 7) is 6.54. The van der Waals surface area contributed by atoms with E-state index in [-0.39, 0.29) is 0 Å². The lowest BCUT2D eigenvalue weighted by molar-refractivity contribution is 0.537. The van der Waals surface area contributed by atoms with Crippen LogP contribution in [0, 0.1) is 12.8 Å². The van der Waals surface area contributed by atoms with Gasteiger partial charge in [-0.15, -0.1) is 0 Å². The van der Waals surface area contributed by atoms with Crippen LogP contribution in [0.5, 0.6) is 0 Å². The SMILES string of the molecule is Cc1cc(Br)ccc1NC1=NC(C)C(C)CS1. The van der Waals surface area contributed by atoms with Gasteiger partial charge in [-0.25, -0.2) is 0 Å². The Labute approximate surface area is 115 Å². The number of hydrogen-bond donors (Lipinski definition) is 1. The van der Waals surface area contributed by atoms with Crippen LogP contribution < -0.4 is 5.32 Å². The molecule has 0 radical (unpaired) electrons. The molecule has 0 saturated carbocycles. The van der Waals surface area contributed by atoms with Crippen LogP contribution in [0.25, 0.3) is 0 Å². The molecule has 0 bridgehead atoms. The molecule has 1 N–H and O–H groups in total. The predicted molar refractivity (Wildman–Crippen MR) is 81.0 cm³/mol. The molecule has 0 amide bonds. The monoisotopic (exact) mass is 312 g/mol. The van der Waals surface area contributed by atoms with Crippen molar-refractivity contribution in [1.29, 1.82) is 0 Å². The van der Waals surface area contributed by atoms with Crippen molar-refractivity contribution in [2.24, 2.45) is 10.9 Å². The first-order valence-electron chi connectivity index (χ1n) is 5.80. The number of aryl methyl sites for hydroxylation is 1. The molecule has 1 aliphatic heterocycles. The zero-order chi connectivity index (χ0) is 12.4. The number of thioether (sulfide) groups is 1. The molecule has 4 heteroatoms. The Morgan fingerprint density at radius 2 is 2.18 bits per heavy atom. The molecular formula is C13H17BrN2S. The van der Waals surface area contributed by atoms with Gasteiger partial charge in [-0.05, 0) is 43.5 Å². The van der Waals surface area contributed by atoms with E-state index in [0.717, 1.165) is 21.1 Å². The largest absolute Gasteiger partial charge is 0.335 e. The first kappa shape index (κ1) is 13.0. The zero-order valence-electron chi connectivity index (χ0n) is 10.3. The van der Waals surface area contributed by atoms with Crippen molar-refractivity contribution < 1.29 is 0 Å². The summed E-state index contributed by atoms with van der Waals surface area (Å²) in [5.41, 5.74) is 2.37. The summed E-state index contributed by atoms with van der Waals surface area (Å²) in [4.78, 5) is 4.68. The van der Waals surface area contributed by atoms with E-state index in [0.29, 0.717) is 12.0 Å². The molecule has 0 aromatic heterocycles. The van der Waals surface area contributed by atoms with Gasteiger partial charge in [0.05, 0.1) is 6.04 Å². The number of anilines is 1. The number of amidine groups is 1. The smallest absolute Gasteiger partial charge is 0.161 e. The Morgan fingerprint density at radius 3 is 2.82 bits per heavy atom. The van der Waals surface area contributed by atoms with Crippen molar-refractivity contribution >= 4 is 38.5 Å². The fourth-order valence-corrected chi connectivity index (χ4v) is 3.25. The number of hydrogen-bond acceptors (Lipinski definition) is 3. The molecule has 92 valence electrons. The van der Waals surface area contributed by atoms with Crippen LogP contribution in [0.4, 0.5) is 5.69 Å². The molecule has 1 heterocycles. The minimum Gasteiger partial charge on any atom is -0.335 e. The van der Waals surface area contributed by atoms with Gasteiger partial charge < -0.3 is 5.32 Å². The lowest BCUT2D eigenvalue weighted by Crippen LogP contribution is -2.25. The van der Waals surface area contributed by atoms with Gasteiger partial charge in [0.1, 0.15) is 0 Å². The summed E-state index contributed by atoms with van der Waals surface area (Å²) in [5.74, 6) is 1.80. The second-order valence-electron chi connectivity index (χ2n) is 4.55. The number of aliphatic imine (C=N–C) groups is 1. The minimum atomic E-state index is 0.412. The maximum absolute atomic E-state index is 4.68. The molecule has 0 aliphatic carbocycles. The minimum absolute atomic E-state index is 0.412. The van der Waals surface area contributed by atoms with Crippen molar-refractivity contribution in [3.63, 3.8) is 0 Å². The fourth-order valence-electron chi connectivity index (χ4n) is 1.65. The molecule has 1 aromatic rings. The number of halogens is 1. The van der Waals surface area contributed by atoms with E-state index in [2.05, 4.69) is 65.2 Å². The molecular weight excluding hydrogens is 296 g/mol. The standard InChI is InChI=1S/C13H17BrN2S/c1-8-6-11(14)4-5-12(8)16-13-15-10(3)9(2)7-17-13/h4-6,9-10H,7H2,1-3H3,(H,15,16). The van der Waals surface area contributed by atoms with Gasteiger partial charge in [0, 0.05) is 15.9 Å². The fraction of sp³-hybridized carbons (Fsp3) is 0.462. The quantitative estimate of drug-likeness (QED) is 0.836. The van der Waals surface area contributed by atoms with Crippen LogP contribution in [0.2, 0.25) is 0 Å². The number of rotatable bonds is 1. The molecule has 0 saturated heterocycles. The summed E-state index contributed by atoms with van der Waals surface area (Å²) in [6.07, 6.45) is 0. The summed E-state index contributed by atoms with van der Waals surface area (Å²) in [7, 11) is 0. The normalized spacial score (nSPS) is 24.4. The Kier molecular flexibility index (Phi) is 4.15. The second kappa shape index (κ2) is 5.44. The molecule has 2 unspecified atom stereocenters. The lowest BCUT2D eigenvalue weighted by atomic mass is 10.1. The Morgan fingerprint density at radius 1 is 1.41 bits per heavy atom. The van der Waals surface area contributed by atoms with Crippen molar-refractivity contribution in [1.82, 2.24) is 0 Å². The summed E-state index contributed by atoms with van der Waals surface area (Å²) >= 11 is 5.29. The third kappa shape index (κ3) is 3.26.